The van der Waals surface area contributed by atoms with Gasteiger partial charge in [0.25, 0.3) is 0 Å². The molecule has 0 aromatic carbocycles. The van der Waals surface area contributed by atoms with E-state index >= 15 is 0 Å². The largest absolute Gasteiger partial charge is 0.297 e. The van der Waals surface area contributed by atoms with Gasteiger partial charge in [0.2, 0.25) is 10.0 Å². The van der Waals surface area contributed by atoms with Crippen molar-refractivity contribution >= 4 is 27.0 Å². The summed E-state index contributed by atoms with van der Waals surface area (Å²) in [4.78, 5) is 8.32. The third kappa shape index (κ3) is 2.56. The lowest BCUT2D eigenvalue weighted by Crippen LogP contribution is -2.38. The van der Waals surface area contributed by atoms with Crippen LogP contribution >= 0.6 is 11.3 Å². The standard InChI is InChI=1S/C16H19N3O2S2/c1-23(20,21)19-12-16(15-14(19)5-2-7-17-15)6-8-18(11-16)10-13-4-3-9-22-13/h2-5,7,9H,6,8,10-12H2,1H3. The Balaban J connectivity index is 1.65. The molecule has 122 valence electrons. The zero-order chi connectivity index (χ0) is 16.1. The summed E-state index contributed by atoms with van der Waals surface area (Å²) in [7, 11) is -3.27. The normalized spacial score (nSPS) is 24.5. The number of thiophene rings is 1. The number of fused-ring (bicyclic) bond motifs is 2. The van der Waals surface area contributed by atoms with Crippen molar-refractivity contribution in [2.45, 2.75) is 18.4 Å². The lowest BCUT2D eigenvalue weighted by molar-refractivity contribution is 0.309. The van der Waals surface area contributed by atoms with Crippen LogP contribution in [0.25, 0.3) is 0 Å². The van der Waals surface area contributed by atoms with Crippen LogP contribution in [0.1, 0.15) is 17.0 Å². The zero-order valence-corrected chi connectivity index (χ0v) is 14.6. The van der Waals surface area contributed by atoms with Gasteiger partial charge in [-0.05, 0) is 36.5 Å². The van der Waals surface area contributed by atoms with E-state index in [2.05, 4.69) is 27.4 Å². The summed E-state index contributed by atoms with van der Waals surface area (Å²) in [6.07, 6.45) is 4.00. The molecule has 0 N–H and O–H groups in total. The predicted octanol–water partition coefficient (Wildman–Crippen LogP) is 2.07. The van der Waals surface area contributed by atoms with Gasteiger partial charge in [-0.3, -0.25) is 14.2 Å². The van der Waals surface area contributed by atoms with Crippen molar-refractivity contribution in [2.24, 2.45) is 0 Å². The minimum absolute atomic E-state index is 0.170. The van der Waals surface area contributed by atoms with Crippen LogP contribution in [-0.4, -0.2) is 44.2 Å². The molecule has 2 aromatic heterocycles. The molecule has 5 nitrogen and oxygen atoms in total. The molecule has 1 fully saturated rings. The van der Waals surface area contributed by atoms with E-state index in [0.29, 0.717) is 6.54 Å². The number of aromatic nitrogens is 1. The minimum atomic E-state index is -3.27. The molecule has 4 heterocycles. The van der Waals surface area contributed by atoms with Crippen LogP contribution < -0.4 is 4.31 Å². The maximum absolute atomic E-state index is 12.2. The molecule has 23 heavy (non-hydrogen) atoms. The second-order valence-corrected chi connectivity index (χ2v) is 9.40. The van der Waals surface area contributed by atoms with Gasteiger partial charge < -0.3 is 0 Å². The van der Waals surface area contributed by atoms with Gasteiger partial charge in [-0.15, -0.1) is 11.3 Å². The first kappa shape index (κ1) is 15.1. The predicted molar refractivity (Wildman–Crippen MR) is 92.3 cm³/mol. The van der Waals surface area contributed by atoms with Gasteiger partial charge in [0, 0.05) is 36.1 Å². The van der Waals surface area contributed by atoms with Gasteiger partial charge in [0.1, 0.15) is 0 Å². The number of sulfonamides is 1. The second kappa shape index (κ2) is 5.29. The molecule has 0 aliphatic carbocycles. The maximum Gasteiger partial charge on any atom is 0.232 e. The summed E-state index contributed by atoms with van der Waals surface area (Å²) in [6.45, 7) is 3.28. The molecule has 0 radical (unpaired) electrons. The molecule has 1 atom stereocenters. The SMILES string of the molecule is CS(=O)(=O)N1CC2(CCN(Cc3cccs3)C2)c2ncccc21. The average Bonchev–Trinajstić information content (AvgIpc) is 3.21. The van der Waals surface area contributed by atoms with Crippen molar-refractivity contribution in [1.29, 1.82) is 0 Å². The van der Waals surface area contributed by atoms with Crippen molar-refractivity contribution in [3.05, 3.63) is 46.4 Å². The number of nitrogens with zero attached hydrogens (tertiary/aromatic N) is 3. The molecule has 2 aliphatic heterocycles. The third-order valence-corrected chi connectivity index (χ3v) is 6.78. The lowest BCUT2D eigenvalue weighted by Gasteiger charge is -2.24. The topological polar surface area (TPSA) is 53.5 Å². The molecule has 0 amide bonds. The molecule has 0 bridgehead atoms. The van der Waals surface area contributed by atoms with Crippen LogP contribution in [0.2, 0.25) is 0 Å². The van der Waals surface area contributed by atoms with E-state index in [-0.39, 0.29) is 5.41 Å². The first-order chi connectivity index (χ1) is 11.0. The number of hydrogen-bond donors (Lipinski definition) is 0. The summed E-state index contributed by atoms with van der Waals surface area (Å²) in [5.41, 5.74) is 1.53. The van der Waals surface area contributed by atoms with Crippen molar-refractivity contribution in [3.63, 3.8) is 0 Å². The highest BCUT2D eigenvalue weighted by atomic mass is 32.2. The fraction of sp³-hybridized carbons (Fsp3) is 0.438. The Hall–Kier alpha value is -1.44. The van der Waals surface area contributed by atoms with Gasteiger partial charge >= 0.3 is 0 Å². The van der Waals surface area contributed by atoms with Crippen LogP contribution in [0.3, 0.4) is 0 Å². The highest BCUT2D eigenvalue weighted by Crippen LogP contribution is 2.46. The number of pyridine rings is 1. The van der Waals surface area contributed by atoms with Gasteiger partial charge in [-0.1, -0.05) is 6.07 Å². The molecular weight excluding hydrogens is 330 g/mol. The molecule has 0 saturated carbocycles. The van der Waals surface area contributed by atoms with Crippen molar-refractivity contribution in [2.75, 3.05) is 30.2 Å². The highest BCUT2D eigenvalue weighted by molar-refractivity contribution is 7.92. The first-order valence-corrected chi connectivity index (χ1v) is 10.4. The summed E-state index contributed by atoms with van der Waals surface area (Å²) >= 11 is 1.77. The van der Waals surface area contributed by atoms with E-state index in [1.54, 1.807) is 17.5 Å². The Labute approximate surface area is 140 Å². The second-order valence-electron chi connectivity index (χ2n) is 6.46. The Bertz CT molecular complexity index is 820. The van der Waals surface area contributed by atoms with Crippen LogP contribution in [-0.2, 0) is 22.0 Å². The van der Waals surface area contributed by atoms with E-state index in [0.717, 1.165) is 37.4 Å². The van der Waals surface area contributed by atoms with E-state index in [1.807, 2.05) is 12.1 Å². The summed E-state index contributed by atoms with van der Waals surface area (Å²) in [5, 5.41) is 2.10. The smallest absolute Gasteiger partial charge is 0.232 e. The zero-order valence-electron chi connectivity index (χ0n) is 13.0. The van der Waals surface area contributed by atoms with Crippen molar-refractivity contribution in [1.82, 2.24) is 9.88 Å². The number of rotatable bonds is 3. The Kier molecular flexibility index (Phi) is 3.48. The molecular formula is C16H19N3O2S2. The van der Waals surface area contributed by atoms with E-state index in [9.17, 15) is 8.42 Å². The van der Waals surface area contributed by atoms with Gasteiger partial charge in [0.15, 0.2) is 0 Å². The Morgan fingerprint density at radius 2 is 2.17 bits per heavy atom. The van der Waals surface area contributed by atoms with E-state index < -0.39 is 10.0 Å². The Morgan fingerprint density at radius 1 is 1.30 bits per heavy atom. The van der Waals surface area contributed by atoms with Gasteiger partial charge in [-0.2, -0.15) is 0 Å². The molecule has 1 saturated heterocycles. The fourth-order valence-corrected chi connectivity index (χ4v) is 5.51. The molecule has 1 spiro atoms. The number of anilines is 1. The maximum atomic E-state index is 12.2. The summed E-state index contributed by atoms with van der Waals surface area (Å²) in [6, 6.07) is 7.91. The first-order valence-electron chi connectivity index (χ1n) is 7.66. The highest BCUT2D eigenvalue weighted by Gasteiger charge is 2.50. The number of hydrogen-bond acceptors (Lipinski definition) is 5. The average molecular weight is 349 g/mol. The van der Waals surface area contributed by atoms with Crippen LogP contribution in [0.4, 0.5) is 5.69 Å². The lowest BCUT2D eigenvalue weighted by atomic mass is 9.85. The fourth-order valence-electron chi connectivity index (χ4n) is 3.78. The number of likely N-dealkylation sites (tertiary alicyclic amines) is 1. The summed E-state index contributed by atoms with van der Waals surface area (Å²) in [5.74, 6) is 0. The Morgan fingerprint density at radius 3 is 2.91 bits per heavy atom. The van der Waals surface area contributed by atoms with E-state index in [4.69, 9.17) is 0 Å². The minimum Gasteiger partial charge on any atom is -0.297 e. The molecule has 7 heteroatoms. The van der Waals surface area contributed by atoms with Crippen molar-refractivity contribution < 1.29 is 8.42 Å². The molecule has 4 rings (SSSR count). The van der Waals surface area contributed by atoms with Gasteiger partial charge in [-0.25, -0.2) is 8.42 Å². The molecule has 2 aliphatic rings. The van der Waals surface area contributed by atoms with Crippen LogP contribution in [0.5, 0.6) is 0 Å². The summed E-state index contributed by atoms with van der Waals surface area (Å²) < 4.78 is 25.9. The quantitative estimate of drug-likeness (QED) is 0.851. The molecule has 2 aromatic rings. The van der Waals surface area contributed by atoms with Crippen molar-refractivity contribution in [3.8, 4) is 0 Å². The monoisotopic (exact) mass is 349 g/mol. The molecule has 1 unspecified atom stereocenters. The van der Waals surface area contributed by atoms with E-state index in [1.165, 1.54) is 15.4 Å². The van der Waals surface area contributed by atoms with Crippen LogP contribution in [0, 0.1) is 0 Å². The van der Waals surface area contributed by atoms with Gasteiger partial charge in [0.05, 0.1) is 17.6 Å². The van der Waals surface area contributed by atoms with Crippen LogP contribution in [0.15, 0.2) is 35.8 Å². The third-order valence-electron chi connectivity index (χ3n) is 4.80.